The standard InChI is InChI=1S/C15H23FN4O3S/c1-22-9-12-18-14(24-19-12)20-5-3-15(16,4-6-20)10-17-13(21)11-2-7-23-8-11/h11H,2-10H2,1H3,(H,17,21). The van der Waals surface area contributed by atoms with Crippen LogP contribution in [0.25, 0.3) is 0 Å². The number of amides is 1. The molecule has 1 aromatic heterocycles. The van der Waals surface area contributed by atoms with Crippen molar-refractivity contribution >= 4 is 22.6 Å². The first-order valence-electron chi connectivity index (χ1n) is 8.20. The van der Waals surface area contributed by atoms with Crippen LogP contribution in [-0.4, -0.2) is 60.9 Å². The minimum atomic E-state index is -1.36. The number of halogens is 1. The maximum atomic E-state index is 14.9. The van der Waals surface area contributed by atoms with E-state index in [-0.39, 0.29) is 18.4 Å². The van der Waals surface area contributed by atoms with Crippen LogP contribution in [0.3, 0.4) is 0 Å². The second kappa shape index (κ2) is 7.71. The Morgan fingerprint density at radius 2 is 2.33 bits per heavy atom. The molecule has 1 amide bonds. The molecule has 2 aliphatic heterocycles. The fourth-order valence-electron chi connectivity index (χ4n) is 2.97. The summed E-state index contributed by atoms with van der Waals surface area (Å²) in [4.78, 5) is 18.4. The summed E-state index contributed by atoms with van der Waals surface area (Å²) in [5.41, 5.74) is -1.36. The Bertz CT molecular complexity index is 557. The number of hydrogen-bond donors (Lipinski definition) is 1. The van der Waals surface area contributed by atoms with E-state index in [1.807, 2.05) is 4.90 Å². The van der Waals surface area contributed by atoms with E-state index in [9.17, 15) is 9.18 Å². The third-order valence-corrected chi connectivity index (χ3v) is 5.36. The highest BCUT2D eigenvalue weighted by molar-refractivity contribution is 7.09. The lowest BCUT2D eigenvalue weighted by Crippen LogP contribution is -2.49. The van der Waals surface area contributed by atoms with Gasteiger partial charge in [-0.05, 0) is 6.42 Å². The Morgan fingerprint density at radius 1 is 1.54 bits per heavy atom. The largest absolute Gasteiger partial charge is 0.381 e. The van der Waals surface area contributed by atoms with Gasteiger partial charge in [-0.15, -0.1) is 0 Å². The highest BCUT2D eigenvalue weighted by Gasteiger charge is 2.36. The van der Waals surface area contributed by atoms with E-state index in [2.05, 4.69) is 14.7 Å². The van der Waals surface area contributed by atoms with Gasteiger partial charge < -0.3 is 19.7 Å². The number of anilines is 1. The molecular weight excluding hydrogens is 335 g/mol. The number of aromatic nitrogens is 2. The van der Waals surface area contributed by atoms with Crippen LogP contribution in [0.5, 0.6) is 0 Å². The van der Waals surface area contributed by atoms with Crippen LogP contribution in [0.2, 0.25) is 0 Å². The van der Waals surface area contributed by atoms with E-state index in [4.69, 9.17) is 9.47 Å². The summed E-state index contributed by atoms with van der Waals surface area (Å²) in [6.45, 7) is 2.65. The number of hydrogen-bond acceptors (Lipinski definition) is 7. The Morgan fingerprint density at radius 3 is 3.00 bits per heavy atom. The van der Waals surface area contributed by atoms with Crippen molar-refractivity contribution in [2.75, 3.05) is 44.9 Å². The maximum Gasteiger partial charge on any atom is 0.225 e. The summed E-state index contributed by atoms with van der Waals surface area (Å²) >= 11 is 1.31. The molecule has 1 unspecified atom stereocenters. The molecule has 0 spiro atoms. The molecule has 24 heavy (non-hydrogen) atoms. The number of ether oxygens (including phenoxy) is 2. The highest BCUT2D eigenvalue weighted by atomic mass is 32.1. The van der Waals surface area contributed by atoms with Gasteiger partial charge in [0.25, 0.3) is 0 Å². The first-order valence-corrected chi connectivity index (χ1v) is 8.98. The van der Waals surface area contributed by atoms with Gasteiger partial charge in [0, 0.05) is 51.2 Å². The normalized spacial score (nSPS) is 23.4. The Hall–Kier alpha value is -1.32. The number of piperidine rings is 1. The molecule has 0 bridgehead atoms. The van der Waals surface area contributed by atoms with E-state index in [0.717, 1.165) is 11.6 Å². The minimum absolute atomic E-state index is 0.0707. The second-order valence-electron chi connectivity index (χ2n) is 6.34. The second-order valence-corrected chi connectivity index (χ2v) is 7.07. The van der Waals surface area contributed by atoms with E-state index in [0.29, 0.717) is 51.6 Å². The van der Waals surface area contributed by atoms with E-state index in [1.54, 1.807) is 7.11 Å². The molecule has 7 nitrogen and oxygen atoms in total. The molecule has 0 saturated carbocycles. The first kappa shape index (κ1) is 17.5. The van der Waals surface area contributed by atoms with Crippen molar-refractivity contribution in [3.8, 4) is 0 Å². The molecule has 2 saturated heterocycles. The van der Waals surface area contributed by atoms with Crippen LogP contribution in [0.15, 0.2) is 0 Å². The Kier molecular flexibility index (Phi) is 5.62. The van der Waals surface area contributed by atoms with Gasteiger partial charge in [0.2, 0.25) is 11.0 Å². The van der Waals surface area contributed by atoms with Crippen molar-refractivity contribution in [1.82, 2.24) is 14.7 Å². The number of alkyl halides is 1. The number of rotatable bonds is 6. The zero-order valence-corrected chi connectivity index (χ0v) is 14.6. The molecule has 9 heteroatoms. The summed E-state index contributed by atoms with van der Waals surface area (Å²) in [7, 11) is 1.60. The molecule has 2 aliphatic rings. The number of carbonyl (C=O) groups excluding carboxylic acids is 1. The lowest BCUT2D eigenvalue weighted by Gasteiger charge is -2.36. The van der Waals surface area contributed by atoms with E-state index < -0.39 is 5.67 Å². The van der Waals surface area contributed by atoms with Crippen molar-refractivity contribution in [2.45, 2.75) is 31.5 Å². The van der Waals surface area contributed by atoms with Crippen LogP contribution in [0.4, 0.5) is 9.52 Å². The van der Waals surface area contributed by atoms with E-state index >= 15 is 0 Å². The van der Waals surface area contributed by atoms with Crippen LogP contribution >= 0.6 is 11.5 Å². The van der Waals surface area contributed by atoms with Crippen LogP contribution < -0.4 is 10.2 Å². The summed E-state index contributed by atoms with van der Waals surface area (Å²) in [6, 6.07) is 0. The first-order chi connectivity index (χ1) is 11.6. The van der Waals surface area contributed by atoms with Gasteiger partial charge in [-0.25, -0.2) is 9.37 Å². The molecule has 1 N–H and O–H groups in total. The third kappa shape index (κ3) is 4.20. The Balaban J connectivity index is 1.46. The highest BCUT2D eigenvalue weighted by Crippen LogP contribution is 2.30. The molecule has 2 fully saturated rings. The van der Waals surface area contributed by atoms with Gasteiger partial charge >= 0.3 is 0 Å². The van der Waals surface area contributed by atoms with Gasteiger partial charge in [-0.3, -0.25) is 4.79 Å². The summed E-state index contributed by atoms with van der Waals surface area (Å²) in [6.07, 6.45) is 1.46. The molecule has 1 aromatic rings. The number of nitrogens with one attached hydrogen (secondary N) is 1. The van der Waals surface area contributed by atoms with Crippen molar-refractivity contribution in [1.29, 1.82) is 0 Å². The van der Waals surface area contributed by atoms with Crippen LogP contribution in [-0.2, 0) is 20.9 Å². The van der Waals surface area contributed by atoms with Crippen molar-refractivity contribution in [2.24, 2.45) is 5.92 Å². The third-order valence-electron chi connectivity index (χ3n) is 4.54. The van der Waals surface area contributed by atoms with Crippen molar-refractivity contribution < 1.29 is 18.7 Å². The predicted octanol–water partition coefficient (Wildman–Crippen LogP) is 1.15. The smallest absolute Gasteiger partial charge is 0.225 e. The summed E-state index contributed by atoms with van der Waals surface area (Å²) in [5.74, 6) is 0.426. The molecule has 134 valence electrons. The summed E-state index contributed by atoms with van der Waals surface area (Å²) < 4.78 is 29.3. The SMILES string of the molecule is COCc1nsc(N2CCC(F)(CNC(=O)C3CCOC3)CC2)n1. The molecule has 0 aliphatic carbocycles. The molecule has 3 heterocycles. The van der Waals surface area contributed by atoms with Crippen molar-refractivity contribution in [3.63, 3.8) is 0 Å². The van der Waals surface area contributed by atoms with Crippen LogP contribution in [0.1, 0.15) is 25.1 Å². The topological polar surface area (TPSA) is 76.6 Å². The number of carbonyl (C=O) groups is 1. The zero-order valence-electron chi connectivity index (χ0n) is 13.8. The fraction of sp³-hybridized carbons (Fsp3) is 0.800. The minimum Gasteiger partial charge on any atom is -0.381 e. The van der Waals surface area contributed by atoms with Gasteiger partial charge in [0.05, 0.1) is 19.1 Å². The van der Waals surface area contributed by atoms with Gasteiger partial charge in [0.1, 0.15) is 12.3 Å². The van der Waals surface area contributed by atoms with Gasteiger partial charge in [-0.1, -0.05) is 0 Å². The molecular formula is C15H23FN4O3S. The Labute approximate surface area is 144 Å². The lowest BCUT2D eigenvalue weighted by atomic mass is 9.93. The molecule has 3 rings (SSSR count). The molecule has 0 radical (unpaired) electrons. The molecule has 0 aromatic carbocycles. The molecule has 1 atom stereocenters. The van der Waals surface area contributed by atoms with E-state index in [1.165, 1.54) is 11.5 Å². The zero-order chi connectivity index (χ0) is 17.0. The average molecular weight is 358 g/mol. The quantitative estimate of drug-likeness (QED) is 0.822. The van der Waals surface area contributed by atoms with Gasteiger partial charge in [0.15, 0.2) is 5.82 Å². The van der Waals surface area contributed by atoms with Crippen LogP contribution in [0, 0.1) is 5.92 Å². The predicted molar refractivity (Wildman–Crippen MR) is 87.8 cm³/mol. The maximum absolute atomic E-state index is 14.9. The average Bonchev–Trinajstić information content (AvgIpc) is 3.26. The van der Waals surface area contributed by atoms with Crippen molar-refractivity contribution in [3.05, 3.63) is 5.82 Å². The van der Waals surface area contributed by atoms with Gasteiger partial charge in [-0.2, -0.15) is 4.37 Å². The number of nitrogens with zero attached hydrogens (tertiary/aromatic N) is 3. The monoisotopic (exact) mass is 358 g/mol. The fourth-order valence-corrected chi connectivity index (χ4v) is 3.69. The number of methoxy groups -OCH3 is 1. The summed E-state index contributed by atoms with van der Waals surface area (Å²) in [5, 5.41) is 3.56. The lowest BCUT2D eigenvalue weighted by molar-refractivity contribution is -0.125.